The van der Waals surface area contributed by atoms with Crippen LogP contribution in [0.15, 0.2) is 47.0 Å². The van der Waals surface area contributed by atoms with Gasteiger partial charge in [-0.25, -0.2) is 0 Å². The van der Waals surface area contributed by atoms with E-state index in [2.05, 4.69) is 38.0 Å². The van der Waals surface area contributed by atoms with Gasteiger partial charge in [-0.3, -0.25) is 4.79 Å². The van der Waals surface area contributed by atoms with Crippen LogP contribution in [0.4, 0.5) is 5.69 Å². The van der Waals surface area contributed by atoms with Crippen molar-refractivity contribution in [1.82, 2.24) is 10.1 Å². The third-order valence-corrected chi connectivity index (χ3v) is 4.54. The van der Waals surface area contributed by atoms with Crippen molar-refractivity contribution in [3.63, 3.8) is 0 Å². The number of amides is 1. The molecule has 7 nitrogen and oxygen atoms in total. The van der Waals surface area contributed by atoms with Crippen molar-refractivity contribution in [3.05, 3.63) is 51.9 Å². The first-order chi connectivity index (χ1) is 13.1. The van der Waals surface area contributed by atoms with Gasteiger partial charge in [0, 0.05) is 28.0 Å². The summed E-state index contributed by atoms with van der Waals surface area (Å²) in [6, 6.07) is 13.0. The summed E-state index contributed by atoms with van der Waals surface area (Å²) < 4.78 is 16.8. The van der Waals surface area contributed by atoms with Gasteiger partial charge in [0.1, 0.15) is 11.5 Å². The molecule has 0 saturated carbocycles. The molecule has 1 heterocycles. The highest BCUT2D eigenvalue weighted by molar-refractivity contribution is 14.1. The summed E-state index contributed by atoms with van der Waals surface area (Å²) in [5.41, 5.74) is 1.42. The monoisotopic (exact) mass is 479 g/mol. The molecule has 0 spiro atoms. The number of halogens is 1. The second-order valence-electron chi connectivity index (χ2n) is 5.63. The Balaban J connectivity index is 1.61. The van der Waals surface area contributed by atoms with E-state index >= 15 is 0 Å². The highest BCUT2D eigenvalue weighted by atomic mass is 127. The largest absolute Gasteiger partial charge is 0.497 e. The number of hydrogen-bond acceptors (Lipinski definition) is 6. The Hall–Kier alpha value is -2.62. The summed E-state index contributed by atoms with van der Waals surface area (Å²) in [5.74, 6) is 1.93. The summed E-state index contributed by atoms with van der Waals surface area (Å²) >= 11 is 2.23. The number of aryl methyl sites for hydroxylation is 1. The molecule has 0 unspecified atom stereocenters. The second kappa shape index (κ2) is 8.85. The Kier molecular flexibility index (Phi) is 6.28. The highest BCUT2D eigenvalue weighted by Crippen LogP contribution is 2.29. The Morgan fingerprint density at radius 2 is 1.93 bits per heavy atom. The van der Waals surface area contributed by atoms with Crippen LogP contribution < -0.4 is 14.8 Å². The Labute approximate surface area is 170 Å². The van der Waals surface area contributed by atoms with Crippen molar-refractivity contribution in [2.45, 2.75) is 12.8 Å². The Bertz CT molecular complexity index is 925. The molecule has 3 aromatic rings. The van der Waals surface area contributed by atoms with Crippen molar-refractivity contribution in [2.24, 2.45) is 0 Å². The predicted molar refractivity (Wildman–Crippen MR) is 109 cm³/mol. The molecule has 0 bridgehead atoms. The van der Waals surface area contributed by atoms with E-state index in [0.717, 1.165) is 9.13 Å². The molecule has 1 aromatic heterocycles. The molecule has 27 heavy (non-hydrogen) atoms. The molecule has 1 N–H and O–H groups in total. The number of rotatable bonds is 7. The Morgan fingerprint density at radius 3 is 2.63 bits per heavy atom. The summed E-state index contributed by atoms with van der Waals surface area (Å²) in [7, 11) is 3.11. The van der Waals surface area contributed by atoms with E-state index in [1.165, 1.54) is 0 Å². The molecular formula is C19H18IN3O4. The first-order valence-corrected chi connectivity index (χ1v) is 9.27. The van der Waals surface area contributed by atoms with Gasteiger partial charge in [0.15, 0.2) is 0 Å². The minimum absolute atomic E-state index is 0.185. The first-order valence-electron chi connectivity index (χ1n) is 8.19. The van der Waals surface area contributed by atoms with Gasteiger partial charge in [-0.05, 0) is 46.9 Å². The maximum absolute atomic E-state index is 12.3. The summed E-state index contributed by atoms with van der Waals surface area (Å²) in [6.45, 7) is 0. The molecule has 0 saturated heterocycles. The number of methoxy groups -OCH3 is 2. The third kappa shape index (κ3) is 4.97. The minimum Gasteiger partial charge on any atom is -0.497 e. The molecule has 8 heteroatoms. The van der Waals surface area contributed by atoms with Crippen LogP contribution in [0.2, 0.25) is 0 Å². The van der Waals surface area contributed by atoms with Gasteiger partial charge < -0.3 is 19.3 Å². The molecule has 0 atom stereocenters. The fourth-order valence-electron chi connectivity index (χ4n) is 2.42. The van der Waals surface area contributed by atoms with E-state index in [-0.39, 0.29) is 12.3 Å². The maximum Gasteiger partial charge on any atom is 0.227 e. The topological polar surface area (TPSA) is 86.5 Å². The molecule has 0 aliphatic rings. The molecule has 3 rings (SSSR count). The quantitative estimate of drug-likeness (QED) is 0.517. The molecule has 0 radical (unpaired) electrons. The Morgan fingerprint density at radius 1 is 1.15 bits per heavy atom. The van der Waals surface area contributed by atoms with Crippen molar-refractivity contribution in [1.29, 1.82) is 0 Å². The lowest BCUT2D eigenvalue weighted by Crippen LogP contribution is -2.13. The summed E-state index contributed by atoms with van der Waals surface area (Å²) in [6.07, 6.45) is 0.546. The van der Waals surface area contributed by atoms with Gasteiger partial charge in [-0.15, -0.1) is 0 Å². The number of benzene rings is 2. The normalized spacial score (nSPS) is 10.5. The van der Waals surface area contributed by atoms with Gasteiger partial charge in [-0.1, -0.05) is 17.3 Å². The molecule has 0 aliphatic carbocycles. The zero-order valence-corrected chi connectivity index (χ0v) is 17.0. The molecular weight excluding hydrogens is 461 g/mol. The number of carbonyl (C=O) groups is 1. The first kappa shape index (κ1) is 19.2. The van der Waals surface area contributed by atoms with Gasteiger partial charge in [0.05, 0.1) is 19.9 Å². The zero-order valence-electron chi connectivity index (χ0n) is 14.9. The van der Waals surface area contributed by atoms with E-state index < -0.39 is 0 Å². The summed E-state index contributed by atoms with van der Waals surface area (Å²) in [4.78, 5) is 16.6. The van der Waals surface area contributed by atoms with Gasteiger partial charge >= 0.3 is 0 Å². The molecule has 2 aromatic carbocycles. The fourth-order valence-corrected chi connectivity index (χ4v) is 2.78. The van der Waals surface area contributed by atoms with Crippen LogP contribution in [0.25, 0.3) is 11.4 Å². The van der Waals surface area contributed by atoms with E-state index in [0.29, 0.717) is 35.3 Å². The van der Waals surface area contributed by atoms with Gasteiger partial charge in [-0.2, -0.15) is 4.98 Å². The molecule has 0 aliphatic heterocycles. The van der Waals surface area contributed by atoms with Crippen LogP contribution in [0.5, 0.6) is 11.5 Å². The number of nitrogens with one attached hydrogen (secondary N) is 1. The number of nitrogens with zero attached hydrogens (tertiary/aromatic N) is 2. The lowest BCUT2D eigenvalue weighted by Gasteiger charge is -2.11. The lowest BCUT2D eigenvalue weighted by atomic mass is 10.2. The average molecular weight is 479 g/mol. The molecule has 0 fully saturated rings. The minimum atomic E-state index is -0.185. The molecule has 1 amide bonds. The zero-order chi connectivity index (χ0) is 19.2. The van der Waals surface area contributed by atoms with E-state index in [1.807, 2.05) is 24.3 Å². The third-order valence-electron chi connectivity index (χ3n) is 3.82. The van der Waals surface area contributed by atoms with E-state index in [4.69, 9.17) is 14.0 Å². The van der Waals surface area contributed by atoms with Crippen LogP contribution >= 0.6 is 22.6 Å². The van der Waals surface area contributed by atoms with Crippen LogP contribution in [0.3, 0.4) is 0 Å². The number of carbonyl (C=O) groups excluding carboxylic acids is 1. The van der Waals surface area contributed by atoms with E-state index in [9.17, 15) is 4.79 Å². The highest BCUT2D eigenvalue weighted by Gasteiger charge is 2.13. The second-order valence-corrected chi connectivity index (χ2v) is 6.88. The standard InChI is InChI=1S/C19H18IN3O4/c1-25-14-7-8-16(26-2)15(11-14)21-17(24)9-10-18-22-19(23-27-18)12-3-5-13(20)6-4-12/h3-8,11H,9-10H2,1-2H3,(H,21,24). The fraction of sp³-hybridized carbons (Fsp3) is 0.211. The number of aromatic nitrogens is 2. The van der Waals surface area contributed by atoms with Crippen LogP contribution in [-0.2, 0) is 11.2 Å². The average Bonchev–Trinajstić information content (AvgIpc) is 3.16. The van der Waals surface area contributed by atoms with E-state index in [1.54, 1.807) is 32.4 Å². The van der Waals surface area contributed by atoms with Crippen LogP contribution in [0, 0.1) is 3.57 Å². The maximum atomic E-state index is 12.3. The van der Waals surface area contributed by atoms with Crippen molar-refractivity contribution < 1.29 is 18.8 Å². The smallest absolute Gasteiger partial charge is 0.227 e. The van der Waals surface area contributed by atoms with Crippen molar-refractivity contribution >= 4 is 34.2 Å². The van der Waals surface area contributed by atoms with Crippen molar-refractivity contribution in [2.75, 3.05) is 19.5 Å². The predicted octanol–water partition coefficient (Wildman–Crippen LogP) is 3.93. The lowest BCUT2D eigenvalue weighted by molar-refractivity contribution is -0.116. The SMILES string of the molecule is COc1ccc(OC)c(NC(=O)CCc2nc(-c3ccc(I)cc3)no2)c1. The van der Waals surface area contributed by atoms with Crippen LogP contribution in [-0.4, -0.2) is 30.3 Å². The van der Waals surface area contributed by atoms with Crippen molar-refractivity contribution in [3.8, 4) is 22.9 Å². The number of anilines is 1. The van der Waals surface area contributed by atoms with Crippen LogP contribution in [0.1, 0.15) is 12.3 Å². The number of ether oxygens (including phenoxy) is 2. The molecule has 140 valence electrons. The summed E-state index contributed by atoms with van der Waals surface area (Å²) in [5, 5.41) is 6.79. The number of hydrogen-bond donors (Lipinski definition) is 1. The van der Waals surface area contributed by atoms with Gasteiger partial charge in [0.25, 0.3) is 0 Å². The van der Waals surface area contributed by atoms with Gasteiger partial charge in [0.2, 0.25) is 17.6 Å².